The number of nitriles is 1. The fourth-order valence-electron chi connectivity index (χ4n) is 4.58. The summed E-state index contributed by atoms with van der Waals surface area (Å²) in [6, 6.07) is 14.6. The quantitative estimate of drug-likeness (QED) is 0.347. The van der Waals surface area contributed by atoms with E-state index in [0.29, 0.717) is 17.2 Å². The molecule has 0 fully saturated rings. The molecule has 7 heteroatoms. The SMILES string of the molecule is CC(C)Oc1ccc(-c2ncc(-c3cccc4c3CCC4CNCc3ncc[nH]3)s2)cc1C#N. The van der Waals surface area contributed by atoms with Gasteiger partial charge in [-0.15, -0.1) is 11.3 Å². The lowest BCUT2D eigenvalue weighted by Gasteiger charge is -2.13. The zero-order chi connectivity index (χ0) is 23.5. The van der Waals surface area contributed by atoms with Crippen molar-refractivity contribution in [2.45, 2.75) is 45.3 Å². The Balaban J connectivity index is 1.35. The molecule has 0 aliphatic heterocycles. The summed E-state index contributed by atoms with van der Waals surface area (Å²) in [5.74, 6) is 2.09. The van der Waals surface area contributed by atoms with Gasteiger partial charge in [0.2, 0.25) is 0 Å². The third kappa shape index (κ3) is 4.60. The summed E-state index contributed by atoms with van der Waals surface area (Å²) in [7, 11) is 0. The summed E-state index contributed by atoms with van der Waals surface area (Å²) in [6.07, 6.45) is 7.84. The molecule has 1 atom stereocenters. The molecule has 0 saturated carbocycles. The van der Waals surface area contributed by atoms with Gasteiger partial charge in [-0.3, -0.25) is 0 Å². The highest BCUT2D eigenvalue weighted by atomic mass is 32.1. The average Bonchev–Trinajstić information content (AvgIpc) is 3.60. The van der Waals surface area contributed by atoms with Crippen molar-refractivity contribution in [1.82, 2.24) is 20.3 Å². The highest BCUT2D eigenvalue weighted by Gasteiger charge is 2.25. The Labute approximate surface area is 203 Å². The maximum Gasteiger partial charge on any atom is 0.137 e. The number of ether oxygens (including phenoxy) is 1. The Morgan fingerprint density at radius 1 is 1.26 bits per heavy atom. The fourth-order valence-corrected chi connectivity index (χ4v) is 5.55. The van der Waals surface area contributed by atoms with Crippen LogP contribution >= 0.6 is 11.3 Å². The number of hydrogen-bond donors (Lipinski definition) is 2. The Hall–Kier alpha value is -3.47. The third-order valence-corrected chi connectivity index (χ3v) is 7.19. The van der Waals surface area contributed by atoms with Crippen molar-refractivity contribution in [3.8, 4) is 32.8 Å². The molecular formula is C27H27N5OS. The van der Waals surface area contributed by atoms with Crippen LogP contribution in [-0.2, 0) is 13.0 Å². The van der Waals surface area contributed by atoms with Gasteiger partial charge in [0, 0.05) is 30.7 Å². The van der Waals surface area contributed by atoms with Gasteiger partial charge in [-0.25, -0.2) is 9.97 Å². The highest BCUT2D eigenvalue weighted by Crippen LogP contribution is 2.41. The van der Waals surface area contributed by atoms with E-state index in [2.05, 4.69) is 39.6 Å². The molecule has 172 valence electrons. The molecule has 1 aliphatic rings. The Morgan fingerprint density at radius 2 is 2.18 bits per heavy atom. The van der Waals surface area contributed by atoms with E-state index in [-0.39, 0.29) is 6.10 Å². The molecule has 0 amide bonds. The second-order valence-corrected chi connectivity index (χ2v) is 9.83. The predicted molar refractivity (Wildman–Crippen MR) is 135 cm³/mol. The van der Waals surface area contributed by atoms with E-state index in [0.717, 1.165) is 47.2 Å². The molecule has 0 bridgehead atoms. The standard InChI is InChI=1S/C27H27N5OS/c1-17(2)33-24-9-7-18(12-20(24)13-28)27-32-15-25(34-27)23-5-3-4-21-19(6-8-22(21)23)14-29-16-26-30-10-11-31-26/h3-5,7,9-12,15,17,19,29H,6,8,14,16H2,1-2H3,(H,30,31). The van der Waals surface area contributed by atoms with Gasteiger partial charge in [-0.2, -0.15) is 5.26 Å². The number of aromatic amines is 1. The van der Waals surface area contributed by atoms with Crippen LogP contribution in [0.3, 0.4) is 0 Å². The van der Waals surface area contributed by atoms with Crippen LogP contribution in [-0.4, -0.2) is 27.6 Å². The normalized spacial score (nSPS) is 14.8. The van der Waals surface area contributed by atoms with Crippen molar-refractivity contribution >= 4 is 11.3 Å². The molecule has 2 aromatic heterocycles. The highest BCUT2D eigenvalue weighted by molar-refractivity contribution is 7.18. The summed E-state index contributed by atoms with van der Waals surface area (Å²) >= 11 is 1.67. The second-order valence-electron chi connectivity index (χ2n) is 8.79. The largest absolute Gasteiger partial charge is 0.490 e. The molecular weight excluding hydrogens is 442 g/mol. The fraction of sp³-hybridized carbons (Fsp3) is 0.296. The van der Waals surface area contributed by atoms with Crippen LogP contribution in [0.2, 0.25) is 0 Å². The van der Waals surface area contributed by atoms with Crippen molar-refractivity contribution in [3.05, 3.63) is 77.5 Å². The maximum atomic E-state index is 9.57. The lowest BCUT2D eigenvalue weighted by atomic mass is 9.98. The zero-order valence-electron chi connectivity index (χ0n) is 19.3. The number of rotatable bonds is 8. The number of nitrogens with zero attached hydrogens (tertiary/aromatic N) is 3. The van der Waals surface area contributed by atoms with Gasteiger partial charge in [-0.05, 0) is 67.5 Å². The van der Waals surface area contributed by atoms with E-state index in [1.807, 2.05) is 44.4 Å². The molecule has 2 N–H and O–H groups in total. The van der Waals surface area contributed by atoms with Crippen LogP contribution in [0.5, 0.6) is 5.75 Å². The number of imidazole rings is 1. The number of aromatic nitrogens is 3. The van der Waals surface area contributed by atoms with Crippen LogP contribution in [0.15, 0.2) is 55.0 Å². The number of hydrogen-bond acceptors (Lipinski definition) is 6. The number of nitrogens with one attached hydrogen (secondary N) is 2. The summed E-state index contributed by atoms with van der Waals surface area (Å²) in [4.78, 5) is 13.3. The first-order chi connectivity index (χ1) is 16.6. The van der Waals surface area contributed by atoms with Crippen LogP contribution < -0.4 is 10.1 Å². The first-order valence-electron chi connectivity index (χ1n) is 11.6. The van der Waals surface area contributed by atoms with Crippen LogP contribution in [0, 0.1) is 11.3 Å². The van der Waals surface area contributed by atoms with E-state index in [1.54, 1.807) is 17.5 Å². The molecule has 34 heavy (non-hydrogen) atoms. The van der Waals surface area contributed by atoms with Gasteiger partial charge in [0.1, 0.15) is 22.7 Å². The third-order valence-electron chi connectivity index (χ3n) is 6.11. The van der Waals surface area contributed by atoms with Gasteiger partial charge in [-0.1, -0.05) is 18.2 Å². The molecule has 1 aliphatic carbocycles. The summed E-state index contributed by atoms with van der Waals surface area (Å²) < 4.78 is 5.76. The van der Waals surface area contributed by atoms with Crippen molar-refractivity contribution < 1.29 is 4.74 Å². The minimum atomic E-state index is 0.0220. The average molecular weight is 470 g/mol. The zero-order valence-corrected chi connectivity index (χ0v) is 20.2. The molecule has 5 rings (SSSR count). The number of H-pyrrole nitrogens is 1. The van der Waals surface area contributed by atoms with Crippen LogP contribution in [0.1, 0.15) is 48.7 Å². The predicted octanol–water partition coefficient (Wildman–Crippen LogP) is 5.68. The van der Waals surface area contributed by atoms with E-state index in [4.69, 9.17) is 9.72 Å². The number of fused-ring (bicyclic) bond motifs is 1. The van der Waals surface area contributed by atoms with E-state index in [9.17, 15) is 5.26 Å². The van der Waals surface area contributed by atoms with Gasteiger partial charge in [0.25, 0.3) is 0 Å². The minimum absolute atomic E-state index is 0.0220. The topological polar surface area (TPSA) is 86.6 Å². The second kappa shape index (κ2) is 9.80. The Kier molecular flexibility index (Phi) is 6.43. The summed E-state index contributed by atoms with van der Waals surface area (Å²) in [5, 5.41) is 14.0. The molecule has 4 aromatic rings. The lowest BCUT2D eigenvalue weighted by Crippen LogP contribution is -2.20. The first kappa shape index (κ1) is 22.3. The Morgan fingerprint density at radius 3 is 2.97 bits per heavy atom. The van der Waals surface area contributed by atoms with Crippen molar-refractivity contribution in [2.75, 3.05) is 6.54 Å². The van der Waals surface area contributed by atoms with Crippen molar-refractivity contribution in [1.29, 1.82) is 5.26 Å². The van der Waals surface area contributed by atoms with Crippen LogP contribution in [0.4, 0.5) is 0 Å². The molecule has 2 heterocycles. The van der Waals surface area contributed by atoms with Gasteiger partial charge < -0.3 is 15.0 Å². The van der Waals surface area contributed by atoms with Gasteiger partial charge >= 0.3 is 0 Å². The molecule has 0 radical (unpaired) electrons. The van der Waals surface area contributed by atoms with E-state index in [1.165, 1.54) is 16.7 Å². The van der Waals surface area contributed by atoms with Gasteiger partial charge in [0.05, 0.1) is 23.1 Å². The van der Waals surface area contributed by atoms with E-state index < -0.39 is 0 Å². The molecule has 2 aromatic carbocycles. The van der Waals surface area contributed by atoms with Crippen molar-refractivity contribution in [2.24, 2.45) is 0 Å². The lowest BCUT2D eigenvalue weighted by molar-refractivity contribution is 0.242. The summed E-state index contributed by atoms with van der Waals surface area (Å²) in [6.45, 7) is 5.61. The molecule has 0 spiro atoms. The van der Waals surface area contributed by atoms with E-state index >= 15 is 0 Å². The smallest absolute Gasteiger partial charge is 0.137 e. The minimum Gasteiger partial charge on any atom is -0.490 e. The molecule has 0 saturated heterocycles. The van der Waals surface area contributed by atoms with Crippen LogP contribution in [0.25, 0.3) is 21.0 Å². The summed E-state index contributed by atoms with van der Waals surface area (Å²) in [5.41, 5.74) is 5.61. The monoisotopic (exact) mass is 469 g/mol. The maximum absolute atomic E-state index is 9.57. The van der Waals surface area contributed by atoms with Crippen molar-refractivity contribution in [3.63, 3.8) is 0 Å². The Bertz CT molecular complexity index is 1320. The molecule has 6 nitrogen and oxygen atoms in total. The number of benzene rings is 2. The first-order valence-corrected chi connectivity index (χ1v) is 12.4. The number of thiazole rings is 1. The van der Waals surface area contributed by atoms with Gasteiger partial charge in [0.15, 0.2) is 0 Å². The molecule has 1 unspecified atom stereocenters.